The molecule has 1 heterocycles. The summed E-state index contributed by atoms with van der Waals surface area (Å²) in [5.74, 6) is -1.56. The molecule has 7 nitrogen and oxygen atoms in total. The third-order valence-electron chi connectivity index (χ3n) is 2.56. The third kappa shape index (κ3) is 3.16. The SMILES string of the molecule is N#Cc1ccc(S(=O)(=O)Nc2ncccc2C(=O)O)cc1. The Kier molecular flexibility index (Phi) is 3.86. The second-order valence-corrected chi connectivity index (χ2v) is 5.63. The first-order valence-electron chi connectivity index (χ1n) is 5.65. The van der Waals surface area contributed by atoms with E-state index in [1.807, 2.05) is 6.07 Å². The van der Waals surface area contributed by atoms with Crippen LogP contribution in [0.15, 0.2) is 47.5 Å². The van der Waals surface area contributed by atoms with Crippen molar-refractivity contribution in [3.8, 4) is 6.07 Å². The van der Waals surface area contributed by atoms with Crippen molar-refractivity contribution in [2.24, 2.45) is 0 Å². The van der Waals surface area contributed by atoms with Gasteiger partial charge in [0.05, 0.1) is 16.5 Å². The predicted octanol–water partition coefficient (Wildman–Crippen LogP) is 1.45. The van der Waals surface area contributed by atoms with Crippen molar-refractivity contribution in [2.75, 3.05) is 4.72 Å². The molecule has 0 fully saturated rings. The summed E-state index contributed by atoms with van der Waals surface area (Å²) in [6.45, 7) is 0. The molecule has 0 amide bonds. The van der Waals surface area contributed by atoms with Gasteiger partial charge in [-0.25, -0.2) is 18.2 Å². The van der Waals surface area contributed by atoms with Gasteiger partial charge in [0.15, 0.2) is 5.82 Å². The second-order valence-electron chi connectivity index (χ2n) is 3.95. The topological polar surface area (TPSA) is 120 Å². The van der Waals surface area contributed by atoms with Crippen molar-refractivity contribution < 1.29 is 18.3 Å². The number of nitrogens with zero attached hydrogens (tertiary/aromatic N) is 2. The average Bonchev–Trinajstić information content (AvgIpc) is 2.47. The zero-order chi connectivity index (χ0) is 15.5. The Hall–Kier alpha value is -2.92. The number of carboxylic acids is 1. The number of anilines is 1. The van der Waals surface area contributed by atoms with Crippen LogP contribution in [0.3, 0.4) is 0 Å². The minimum Gasteiger partial charge on any atom is -0.478 e. The van der Waals surface area contributed by atoms with Crippen LogP contribution >= 0.6 is 0 Å². The van der Waals surface area contributed by atoms with E-state index in [2.05, 4.69) is 9.71 Å². The first kappa shape index (κ1) is 14.5. The van der Waals surface area contributed by atoms with Gasteiger partial charge in [0.25, 0.3) is 10.0 Å². The summed E-state index contributed by atoms with van der Waals surface area (Å²) in [6.07, 6.45) is 1.28. The molecule has 8 heteroatoms. The number of benzene rings is 1. The summed E-state index contributed by atoms with van der Waals surface area (Å²) < 4.78 is 26.4. The summed E-state index contributed by atoms with van der Waals surface area (Å²) in [5.41, 5.74) is 0.0627. The Morgan fingerprint density at radius 1 is 1.24 bits per heavy atom. The number of sulfonamides is 1. The largest absolute Gasteiger partial charge is 0.478 e. The monoisotopic (exact) mass is 303 g/mol. The number of carbonyl (C=O) groups is 1. The lowest BCUT2D eigenvalue weighted by Gasteiger charge is -2.09. The average molecular weight is 303 g/mol. The molecule has 0 saturated heterocycles. The molecular weight excluding hydrogens is 294 g/mol. The van der Waals surface area contributed by atoms with Gasteiger partial charge in [-0.2, -0.15) is 5.26 Å². The van der Waals surface area contributed by atoms with Gasteiger partial charge in [-0.05, 0) is 36.4 Å². The normalized spacial score (nSPS) is 10.6. The van der Waals surface area contributed by atoms with E-state index >= 15 is 0 Å². The molecule has 0 radical (unpaired) electrons. The molecule has 0 saturated carbocycles. The van der Waals surface area contributed by atoms with E-state index in [9.17, 15) is 13.2 Å². The van der Waals surface area contributed by atoms with Crippen molar-refractivity contribution >= 4 is 21.8 Å². The summed E-state index contributed by atoms with van der Waals surface area (Å²) in [5, 5.41) is 17.7. The number of aromatic nitrogens is 1. The lowest BCUT2D eigenvalue weighted by Crippen LogP contribution is -2.16. The number of hydrogen-bond acceptors (Lipinski definition) is 5. The molecule has 2 aromatic rings. The van der Waals surface area contributed by atoms with E-state index in [0.29, 0.717) is 5.56 Å². The maximum Gasteiger partial charge on any atom is 0.339 e. The van der Waals surface area contributed by atoms with Crippen LogP contribution in [0.4, 0.5) is 5.82 Å². The molecular formula is C13H9N3O4S. The standard InChI is InChI=1S/C13H9N3O4S/c14-8-9-3-5-10(6-4-9)21(19,20)16-12-11(13(17)18)2-1-7-15-12/h1-7H,(H,15,16)(H,17,18). The molecule has 106 valence electrons. The molecule has 0 unspecified atom stereocenters. The lowest BCUT2D eigenvalue weighted by atomic mass is 10.2. The molecule has 21 heavy (non-hydrogen) atoms. The number of nitriles is 1. The molecule has 0 bridgehead atoms. The van der Waals surface area contributed by atoms with E-state index in [-0.39, 0.29) is 16.3 Å². The van der Waals surface area contributed by atoms with Gasteiger partial charge in [-0.15, -0.1) is 0 Å². The van der Waals surface area contributed by atoms with Crippen LogP contribution in [0.25, 0.3) is 0 Å². The Morgan fingerprint density at radius 3 is 2.48 bits per heavy atom. The summed E-state index contributed by atoms with van der Waals surface area (Å²) in [7, 11) is -3.98. The summed E-state index contributed by atoms with van der Waals surface area (Å²) in [6, 6.07) is 9.72. The molecule has 2 N–H and O–H groups in total. The minimum absolute atomic E-state index is 0.0940. The fourth-order valence-electron chi connectivity index (χ4n) is 1.55. The van der Waals surface area contributed by atoms with E-state index in [1.54, 1.807) is 0 Å². The zero-order valence-corrected chi connectivity index (χ0v) is 11.3. The quantitative estimate of drug-likeness (QED) is 0.882. The zero-order valence-electron chi connectivity index (χ0n) is 10.5. The number of aromatic carboxylic acids is 1. The van der Waals surface area contributed by atoms with Crippen molar-refractivity contribution in [1.29, 1.82) is 5.26 Å². The van der Waals surface area contributed by atoms with Gasteiger partial charge in [0, 0.05) is 6.20 Å². The molecule has 0 aliphatic heterocycles. The summed E-state index contributed by atoms with van der Waals surface area (Å²) >= 11 is 0. The van der Waals surface area contributed by atoms with E-state index in [1.165, 1.54) is 42.6 Å². The minimum atomic E-state index is -3.98. The van der Waals surface area contributed by atoms with Gasteiger partial charge in [-0.3, -0.25) is 4.72 Å². The highest BCUT2D eigenvalue weighted by Crippen LogP contribution is 2.18. The van der Waals surface area contributed by atoms with Crippen molar-refractivity contribution in [3.05, 3.63) is 53.7 Å². The predicted molar refractivity (Wildman–Crippen MR) is 73.2 cm³/mol. The van der Waals surface area contributed by atoms with Crippen LogP contribution in [0.5, 0.6) is 0 Å². The number of nitrogens with one attached hydrogen (secondary N) is 1. The van der Waals surface area contributed by atoms with E-state index in [4.69, 9.17) is 10.4 Å². The molecule has 0 aliphatic carbocycles. The van der Waals surface area contributed by atoms with Crippen LogP contribution in [-0.4, -0.2) is 24.5 Å². The fraction of sp³-hybridized carbons (Fsp3) is 0. The maximum atomic E-state index is 12.1. The van der Waals surface area contributed by atoms with Gasteiger partial charge in [0.1, 0.15) is 5.56 Å². The molecule has 1 aromatic carbocycles. The summed E-state index contributed by atoms with van der Waals surface area (Å²) in [4.78, 5) is 14.6. The molecule has 0 atom stereocenters. The van der Waals surface area contributed by atoms with Crippen LogP contribution < -0.4 is 4.72 Å². The van der Waals surface area contributed by atoms with Crippen molar-refractivity contribution in [3.63, 3.8) is 0 Å². The molecule has 0 aliphatic rings. The first-order chi connectivity index (χ1) is 9.94. The molecule has 1 aromatic heterocycles. The lowest BCUT2D eigenvalue weighted by molar-refractivity contribution is 0.0697. The molecule has 2 rings (SSSR count). The third-order valence-corrected chi connectivity index (χ3v) is 3.92. The first-order valence-corrected chi connectivity index (χ1v) is 7.13. The Bertz CT molecular complexity index is 823. The number of pyridine rings is 1. The molecule has 0 spiro atoms. The second kappa shape index (κ2) is 5.60. The maximum absolute atomic E-state index is 12.1. The van der Waals surface area contributed by atoms with E-state index < -0.39 is 16.0 Å². The van der Waals surface area contributed by atoms with Crippen LogP contribution in [0.1, 0.15) is 15.9 Å². The highest BCUT2D eigenvalue weighted by Gasteiger charge is 2.19. The van der Waals surface area contributed by atoms with Gasteiger partial charge in [-0.1, -0.05) is 0 Å². The van der Waals surface area contributed by atoms with Crippen LogP contribution in [0, 0.1) is 11.3 Å². The Labute approximate surface area is 120 Å². The Morgan fingerprint density at radius 2 is 1.90 bits per heavy atom. The van der Waals surface area contributed by atoms with Crippen LogP contribution in [-0.2, 0) is 10.0 Å². The van der Waals surface area contributed by atoms with Crippen molar-refractivity contribution in [2.45, 2.75) is 4.90 Å². The number of rotatable bonds is 4. The fourth-order valence-corrected chi connectivity index (χ4v) is 2.58. The van der Waals surface area contributed by atoms with Crippen LogP contribution in [0.2, 0.25) is 0 Å². The number of hydrogen-bond donors (Lipinski definition) is 2. The Balaban J connectivity index is 2.38. The highest BCUT2D eigenvalue weighted by molar-refractivity contribution is 7.92. The van der Waals surface area contributed by atoms with Gasteiger partial charge < -0.3 is 5.11 Å². The van der Waals surface area contributed by atoms with E-state index in [0.717, 1.165) is 0 Å². The number of carboxylic acid groups (broad SMARTS) is 1. The van der Waals surface area contributed by atoms with Gasteiger partial charge in [0.2, 0.25) is 0 Å². The highest BCUT2D eigenvalue weighted by atomic mass is 32.2. The smallest absolute Gasteiger partial charge is 0.339 e. The van der Waals surface area contributed by atoms with Crippen molar-refractivity contribution in [1.82, 2.24) is 4.98 Å². The van der Waals surface area contributed by atoms with Gasteiger partial charge >= 0.3 is 5.97 Å².